The van der Waals surface area contributed by atoms with Gasteiger partial charge in [-0.15, -0.1) is 0 Å². The van der Waals surface area contributed by atoms with Crippen molar-refractivity contribution in [2.45, 2.75) is 33.3 Å². The first-order chi connectivity index (χ1) is 9.26. The second-order valence-electron chi connectivity index (χ2n) is 5.47. The Balaban J connectivity index is 2.79. The summed E-state index contributed by atoms with van der Waals surface area (Å²) < 4.78 is 15.9. The van der Waals surface area contributed by atoms with Gasteiger partial charge in [0.05, 0.1) is 19.8 Å². The molecule has 1 amide bonds. The summed E-state index contributed by atoms with van der Waals surface area (Å²) in [5.74, 6) is 1.01. The second kappa shape index (κ2) is 6.61. The molecule has 1 rings (SSSR count). The van der Waals surface area contributed by atoms with Crippen LogP contribution in [0.25, 0.3) is 0 Å². The van der Waals surface area contributed by atoms with E-state index in [-0.39, 0.29) is 18.1 Å². The monoisotopic (exact) mass is 281 g/mol. The van der Waals surface area contributed by atoms with Crippen molar-refractivity contribution >= 4 is 11.6 Å². The zero-order chi connectivity index (χ0) is 15.3. The molecular formula is C15H23NO4. The Morgan fingerprint density at radius 2 is 1.70 bits per heavy atom. The predicted molar refractivity (Wildman–Crippen MR) is 78.6 cm³/mol. The predicted octanol–water partition coefficient (Wildman–Crippen LogP) is 2.77. The van der Waals surface area contributed by atoms with E-state index in [1.54, 1.807) is 20.3 Å². The average molecular weight is 281 g/mol. The lowest BCUT2D eigenvalue weighted by Crippen LogP contribution is -2.27. The van der Waals surface area contributed by atoms with Crippen LogP contribution in [-0.2, 0) is 9.53 Å². The molecule has 0 heterocycles. The van der Waals surface area contributed by atoms with Crippen LogP contribution >= 0.6 is 0 Å². The van der Waals surface area contributed by atoms with Crippen LogP contribution in [0.4, 0.5) is 5.69 Å². The number of hydrogen-bond donors (Lipinski definition) is 1. The van der Waals surface area contributed by atoms with Crippen LogP contribution in [0.3, 0.4) is 0 Å². The molecule has 0 fully saturated rings. The number of amides is 1. The lowest BCUT2D eigenvalue weighted by atomic mass is 10.1. The number of anilines is 1. The first kappa shape index (κ1) is 16.3. The van der Waals surface area contributed by atoms with E-state index in [2.05, 4.69) is 5.32 Å². The molecule has 0 aromatic heterocycles. The highest BCUT2D eigenvalue weighted by Crippen LogP contribution is 2.32. The summed E-state index contributed by atoms with van der Waals surface area (Å²) in [6, 6.07) is 3.56. The fourth-order valence-electron chi connectivity index (χ4n) is 1.58. The molecule has 0 bridgehead atoms. The molecule has 5 heteroatoms. The fraction of sp³-hybridized carbons (Fsp3) is 0.533. The first-order valence-corrected chi connectivity index (χ1v) is 6.43. The van der Waals surface area contributed by atoms with Gasteiger partial charge in [0, 0.05) is 11.8 Å². The average Bonchev–Trinajstić information content (AvgIpc) is 2.37. The van der Waals surface area contributed by atoms with Crippen LogP contribution in [0, 0.1) is 6.92 Å². The van der Waals surface area contributed by atoms with Gasteiger partial charge in [-0.2, -0.15) is 0 Å². The van der Waals surface area contributed by atoms with Gasteiger partial charge in [-0.25, -0.2) is 0 Å². The molecule has 112 valence electrons. The first-order valence-electron chi connectivity index (χ1n) is 6.43. The highest BCUT2D eigenvalue weighted by atomic mass is 16.5. The molecule has 1 aromatic rings. The molecule has 5 nitrogen and oxygen atoms in total. The van der Waals surface area contributed by atoms with Crippen molar-refractivity contribution in [1.82, 2.24) is 0 Å². The van der Waals surface area contributed by atoms with Gasteiger partial charge in [-0.05, 0) is 39.3 Å². The molecule has 1 N–H and O–H groups in total. The number of carbonyl (C=O) groups is 1. The Hall–Kier alpha value is -1.75. The lowest BCUT2D eigenvalue weighted by molar-refractivity contribution is -0.125. The quantitative estimate of drug-likeness (QED) is 0.901. The second-order valence-corrected chi connectivity index (χ2v) is 5.47. The molecule has 0 unspecified atom stereocenters. The Kier molecular flexibility index (Phi) is 5.39. The van der Waals surface area contributed by atoms with Gasteiger partial charge in [-0.1, -0.05) is 0 Å². The third-order valence-electron chi connectivity index (χ3n) is 2.64. The van der Waals surface area contributed by atoms with Gasteiger partial charge < -0.3 is 19.5 Å². The Bertz CT molecular complexity index is 477. The van der Waals surface area contributed by atoms with Crippen LogP contribution < -0.4 is 14.8 Å². The highest BCUT2D eigenvalue weighted by molar-refractivity contribution is 5.92. The highest BCUT2D eigenvalue weighted by Gasteiger charge is 2.15. The van der Waals surface area contributed by atoms with Crippen LogP contribution in [-0.4, -0.2) is 32.3 Å². The third kappa shape index (κ3) is 4.74. The summed E-state index contributed by atoms with van der Waals surface area (Å²) >= 11 is 0. The number of nitrogens with one attached hydrogen (secondary N) is 1. The summed E-state index contributed by atoms with van der Waals surface area (Å²) in [6.45, 7) is 7.62. The summed E-state index contributed by atoms with van der Waals surface area (Å²) in [6.07, 6.45) is 0. The van der Waals surface area contributed by atoms with E-state index in [9.17, 15) is 4.79 Å². The minimum Gasteiger partial charge on any atom is -0.493 e. The Labute approximate surface area is 120 Å². The van der Waals surface area contributed by atoms with E-state index in [1.165, 1.54) is 0 Å². The van der Waals surface area contributed by atoms with Gasteiger partial charge in [0.1, 0.15) is 6.61 Å². The van der Waals surface area contributed by atoms with E-state index < -0.39 is 0 Å². The minimum atomic E-state index is -0.343. The van der Waals surface area contributed by atoms with Crippen molar-refractivity contribution in [2.75, 3.05) is 26.1 Å². The van der Waals surface area contributed by atoms with Gasteiger partial charge in [0.2, 0.25) is 5.91 Å². The number of carbonyl (C=O) groups excluding carboxylic acids is 1. The van der Waals surface area contributed by atoms with Crippen LogP contribution in [0.15, 0.2) is 12.1 Å². The van der Waals surface area contributed by atoms with Crippen molar-refractivity contribution in [2.24, 2.45) is 0 Å². The van der Waals surface area contributed by atoms with Gasteiger partial charge in [0.25, 0.3) is 0 Å². The number of rotatable bonds is 5. The summed E-state index contributed by atoms with van der Waals surface area (Å²) in [7, 11) is 3.13. The Morgan fingerprint density at radius 1 is 1.15 bits per heavy atom. The van der Waals surface area contributed by atoms with E-state index >= 15 is 0 Å². The van der Waals surface area contributed by atoms with Crippen molar-refractivity contribution in [1.29, 1.82) is 0 Å². The molecule has 0 saturated heterocycles. The van der Waals surface area contributed by atoms with E-state index in [0.717, 1.165) is 5.56 Å². The topological polar surface area (TPSA) is 56.8 Å². The van der Waals surface area contributed by atoms with Crippen LogP contribution in [0.1, 0.15) is 26.3 Å². The molecule has 20 heavy (non-hydrogen) atoms. The van der Waals surface area contributed by atoms with Crippen molar-refractivity contribution in [3.63, 3.8) is 0 Å². The van der Waals surface area contributed by atoms with Crippen LogP contribution in [0.5, 0.6) is 11.5 Å². The third-order valence-corrected chi connectivity index (χ3v) is 2.64. The van der Waals surface area contributed by atoms with E-state index in [0.29, 0.717) is 17.2 Å². The molecular weight excluding hydrogens is 258 g/mol. The maximum atomic E-state index is 11.9. The molecule has 0 spiro atoms. The molecule has 0 radical (unpaired) electrons. The standard InChI is InChI=1S/C15H23NO4/c1-10-7-12(18-5)13(19-6)8-11(10)16-14(17)9-20-15(2,3)4/h7-8H,9H2,1-6H3,(H,16,17). The molecule has 0 aliphatic heterocycles. The number of hydrogen-bond acceptors (Lipinski definition) is 4. The van der Waals surface area contributed by atoms with Crippen molar-refractivity contribution < 1.29 is 19.0 Å². The normalized spacial score (nSPS) is 11.1. The van der Waals surface area contributed by atoms with E-state index in [1.807, 2.05) is 33.8 Å². The van der Waals surface area contributed by atoms with Crippen molar-refractivity contribution in [3.05, 3.63) is 17.7 Å². The molecule has 0 saturated carbocycles. The number of aryl methyl sites for hydroxylation is 1. The number of benzene rings is 1. The molecule has 1 aromatic carbocycles. The lowest BCUT2D eigenvalue weighted by Gasteiger charge is -2.19. The molecule has 0 atom stereocenters. The zero-order valence-electron chi connectivity index (χ0n) is 13.0. The maximum Gasteiger partial charge on any atom is 0.250 e. The fourth-order valence-corrected chi connectivity index (χ4v) is 1.58. The number of methoxy groups -OCH3 is 2. The summed E-state index contributed by atoms with van der Waals surface area (Å²) in [4.78, 5) is 11.9. The summed E-state index contributed by atoms with van der Waals surface area (Å²) in [5, 5.41) is 2.81. The molecule has 0 aliphatic carbocycles. The zero-order valence-corrected chi connectivity index (χ0v) is 13.0. The molecule has 0 aliphatic rings. The van der Waals surface area contributed by atoms with Gasteiger partial charge in [0.15, 0.2) is 11.5 Å². The van der Waals surface area contributed by atoms with Gasteiger partial charge >= 0.3 is 0 Å². The SMILES string of the molecule is COc1cc(C)c(NC(=O)COC(C)(C)C)cc1OC. The van der Waals surface area contributed by atoms with Crippen LogP contribution in [0.2, 0.25) is 0 Å². The minimum absolute atomic E-state index is 0.0112. The van der Waals surface area contributed by atoms with E-state index in [4.69, 9.17) is 14.2 Å². The number of ether oxygens (including phenoxy) is 3. The largest absolute Gasteiger partial charge is 0.493 e. The van der Waals surface area contributed by atoms with Gasteiger partial charge in [-0.3, -0.25) is 4.79 Å². The smallest absolute Gasteiger partial charge is 0.250 e. The maximum absolute atomic E-state index is 11.9. The van der Waals surface area contributed by atoms with Crippen molar-refractivity contribution in [3.8, 4) is 11.5 Å². The summed E-state index contributed by atoms with van der Waals surface area (Å²) in [5.41, 5.74) is 1.24. The Morgan fingerprint density at radius 3 is 2.20 bits per heavy atom.